The van der Waals surface area contributed by atoms with E-state index in [0.29, 0.717) is 17.2 Å². The molecule has 144 valence electrons. The Morgan fingerprint density at radius 2 is 2.11 bits per heavy atom. The normalized spacial score (nSPS) is 18.8. The Morgan fingerprint density at radius 3 is 2.89 bits per heavy atom. The molecule has 3 rings (SSSR count). The number of nitrogens with zero attached hydrogens (tertiary/aromatic N) is 1. The first kappa shape index (κ1) is 19.5. The predicted octanol–water partition coefficient (Wildman–Crippen LogP) is 2.62. The van der Waals surface area contributed by atoms with E-state index in [0.717, 1.165) is 24.0 Å². The number of hydrogen-bond acceptors (Lipinski definition) is 5. The molecule has 1 heterocycles. The van der Waals surface area contributed by atoms with Gasteiger partial charge in [0.05, 0.1) is 18.7 Å². The second-order valence-electron chi connectivity index (χ2n) is 7.28. The molecule has 0 fully saturated rings. The first-order valence-corrected chi connectivity index (χ1v) is 10.1. The Hall–Kier alpha value is -2.25. The van der Waals surface area contributed by atoms with Crippen molar-refractivity contribution in [3.8, 4) is 0 Å². The van der Waals surface area contributed by atoms with Gasteiger partial charge in [-0.1, -0.05) is 38.1 Å². The zero-order chi connectivity index (χ0) is 19.4. The van der Waals surface area contributed by atoms with Crippen molar-refractivity contribution in [1.82, 2.24) is 10.3 Å². The number of nitrogens with one attached hydrogen (secondary N) is 2. The summed E-state index contributed by atoms with van der Waals surface area (Å²) in [6, 6.07) is 7.86. The van der Waals surface area contributed by atoms with Crippen molar-refractivity contribution in [3.63, 3.8) is 0 Å². The van der Waals surface area contributed by atoms with Gasteiger partial charge in [-0.25, -0.2) is 4.98 Å². The lowest BCUT2D eigenvalue weighted by atomic mass is 9.79. The van der Waals surface area contributed by atoms with E-state index >= 15 is 0 Å². The molecule has 1 unspecified atom stereocenters. The van der Waals surface area contributed by atoms with Crippen LogP contribution in [0.5, 0.6) is 0 Å². The van der Waals surface area contributed by atoms with Crippen LogP contribution in [0.2, 0.25) is 0 Å². The van der Waals surface area contributed by atoms with Crippen LogP contribution in [-0.4, -0.2) is 28.4 Å². The molecule has 0 bridgehead atoms. The molecule has 0 spiro atoms. The molecule has 1 aliphatic carbocycles. The van der Waals surface area contributed by atoms with Gasteiger partial charge in [-0.15, -0.1) is 11.3 Å². The maximum Gasteiger partial charge on any atom is 0.228 e. The number of benzene rings is 1. The van der Waals surface area contributed by atoms with Crippen molar-refractivity contribution in [2.45, 2.75) is 45.1 Å². The Kier molecular flexibility index (Phi) is 5.92. The third-order valence-electron chi connectivity index (χ3n) is 4.78. The Labute approximate surface area is 163 Å². The molecular weight excluding hydrogens is 362 g/mol. The van der Waals surface area contributed by atoms with Crippen molar-refractivity contribution in [2.75, 3.05) is 11.9 Å². The SMILES string of the molecule is CC(C)C(=O)Nc1nc(CC(=O)NCC2(O)CCCc3ccccc32)cs1. The largest absolute Gasteiger partial charge is 0.383 e. The lowest BCUT2D eigenvalue weighted by Crippen LogP contribution is -2.43. The topological polar surface area (TPSA) is 91.3 Å². The van der Waals surface area contributed by atoms with Crippen molar-refractivity contribution in [3.05, 3.63) is 46.5 Å². The van der Waals surface area contributed by atoms with Gasteiger partial charge in [-0.05, 0) is 30.4 Å². The highest BCUT2D eigenvalue weighted by atomic mass is 32.1. The van der Waals surface area contributed by atoms with Crippen LogP contribution < -0.4 is 10.6 Å². The Morgan fingerprint density at radius 1 is 1.33 bits per heavy atom. The number of carbonyl (C=O) groups is 2. The molecule has 1 aromatic heterocycles. The number of amides is 2. The highest BCUT2D eigenvalue weighted by molar-refractivity contribution is 7.13. The van der Waals surface area contributed by atoms with E-state index in [4.69, 9.17) is 0 Å². The highest BCUT2D eigenvalue weighted by Crippen LogP contribution is 2.34. The summed E-state index contributed by atoms with van der Waals surface area (Å²) in [6.45, 7) is 3.81. The smallest absolute Gasteiger partial charge is 0.228 e. The number of fused-ring (bicyclic) bond motifs is 1. The third kappa shape index (κ3) is 4.73. The maximum atomic E-state index is 12.3. The van der Waals surface area contributed by atoms with Gasteiger partial charge in [0.25, 0.3) is 0 Å². The van der Waals surface area contributed by atoms with E-state index in [1.54, 1.807) is 5.38 Å². The quantitative estimate of drug-likeness (QED) is 0.711. The number of hydrogen-bond donors (Lipinski definition) is 3. The number of aromatic nitrogens is 1. The molecule has 2 aromatic rings. The van der Waals surface area contributed by atoms with Crippen LogP contribution in [0.3, 0.4) is 0 Å². The van der Waals surface area contributed by atoms with Crippen molar-refractivity contribution in [1.29, 1.82) is 0 Å². The zero-order valence-corrected chi connectivity index (χ0v) is 16.4. The number of aryl methyl sites for hydroxylation is 1. The van der Waals surface area contributed by atoms with E-state index in [1.807, 2.05) is 38.1 Å². The summed E-state index contributed by atoms with van der Waals surface area (Å²) in [6.07, 6.45) is 2.60. The lowest BCUT2D eigenvalue weighted by molar-refractivity contribution is -0.122. The monoisotopic (exact) mass is 387 g/mol. The molecule has 0 radical (unpaired) electrons. The van der Waals surface area contributed by atoms with Crippen LogP contribution >= 0.6 is 11.3 Å². The fourth-order valence-electron chi connectivity index (χ4n) is 3.25. The third-order valence-corrected chi connectivity index (χ3v) is 5.59. The van der Waals surface area contributed by atoms with E-state index in [-0.39, 0.29) is 30.7 Å². The van der Waals surface area contributed by atoms with Crippen LogP contribution in [0.15, 0.2) is 29.6 Å². The molecule has 3 N–H and O–H groups in total. The lowest BCUT2D eigenvalue weighted by Gasteiger charge is -2.34. The molecule has 0 aliphatic heterocycles. The molecule has 1 atom stereocenters. The van der Waals surface area contributed by atoms with Crippen molar-refractivity contribution < 1.29 is 14.7 Å². The van der Waals surface area contributed by atoms with Crippen molar-refractivity contribution >= 4 is 28.3 Å². The molecule has 2 amide bonds. The van der Waals surface area contributed by atoms with Gasteiger partial charge in [0.15, 0.2) is 5.13 Å². The summed E-state index contributed by atoms with van der Waals surface area (Å²) in [5.74, 6) is -0.420. The van der Waals surface area contributed by atoms with Crippen molar-refractivity contribution in [2.24, 2.45) is 5.92 Å². The van der Waals surface area contributed by atoms with Gasteiger partial charge in [0.2, 0.25) is 11.8 Å². The second-order valence-corrected chi connectivity index (χ2v) is 8.14. The average Bonchev–Trinajstić information content (AvgIpc) is 3.07. The second kappa shape index (κ2) is 8.19. The predicted molar refractivity (Wildman–Crippen MR) is 106 cm³/mol. The van der Waals surface area contributed by atoms with Gasteiger partial charge >= 0.3 is 0 Å². The number of thiazole rings is 1. The zero-order valence-electron chi connectivity index (χ0n) is 15.6. The summed E-state index contributed by atoms with van der Waals surface area (Å²) in [5.41, 5.74) is 1.63. The van der Waals surface area contributed by atoms with Crippen LogP contribution in [0.25, 0.3) is 0 Å². The number of rotatable bonds is 6. The molecule has 1 aliphatic rings. The average molecular weight is 388 g/mol. The highest BCUT2D eigenvalue weighted by Gasteiger charge is 2.34. The summed E-state index contributed by atoms with van der Waals surface area (Å²) in [4.78, 5) is 28.3. The Balaban J connectivity index is 1.56. The fourth-order valence-corrected chi connectivity index (χ4v) is 3.96. The summed E-state index contributed by atoms with van der Waals surface area (Å²) in [5, 5.41) is 18.8. The maximum absolute atomic E-state index is 12.3. The molecule has 7 heteroatoms. The number of carbonyl (C=O) groups excluding carboxylic acids is 2. The van der Waals surface area contributed by atoms with Gasteiger partial charge in [0, 0.05) is 11.3 Å². The summed E-state index contributed by atoms with van der Waals surface area (Å²) < 4.78 is 0. The van der Waals surface area contributed by atoms with E-state index in [1.165, 1.54) is 11.3 Å². The summed E-state index contributed by atoms with van der Waals surface area (Å²) in [7, 11) is 0. The van der Waals surface area contributed by atoms with Gasteiger partial charge < -0.3 is 15.7 Å². The molecule has 1 aromatic carbocycles. The van der Waals surface area contributed by atoms with E-state index in [2.05, 4.69) is 15.6 Å². The fraction of sp³-hybridized carbons (Fsp3) is 0.450. The minimum atomic E-state index is -1.02. The van der Waals surface area contributed by atoms with E-state index < -0.39 is 5.60 Å². The number of aliphatic hydroxyl groups is 1. The van der Waals surface area contributed by atoms with Gasteiger partial charge in [-0.2, -0.15) is 0 Å². The number of anilines is 1. The molecular formula is C20H25N3O3S. The summed E-state index contributed by atoms with van der Waals surface area (Å²) >= 11 is 1.30. The molecule has 6 nitrogen and oxygen atoms in total. The van der Waals surface area contributed by atoms with Crippen LogP contribution in [0.1, 0.15) is 43.5 Å². The van der Waals surface area contributed by atoms with Gasteiger partial charge in [-0.3, -0.25) is 9.59 Å². The standard InChI is InChI=1S/C20H25N3O3S/c1-13(2)18(25)23-19-22-15(11-27-19)10-17(24)21-12-20(26)9-5-7-14-6-3-4-8-16(14)20/h3-4,6,8,11,13,26H,5,7,9-10,12H2,1-2H3,(H,21,24)(H,22,23,25). The van der Waals surface area contributed by atoms with E-state index in [9.17, 15) is 14.7 Å². The molecule has 0 saturated carbocycles. The minimum absolute atomic E-state index is 0.0986. The first-order chi connectivity index (χ1) is 12.9. The van der Waals surface area contributed by atoms with Gasteiger partial charge in [0.1, 0.15) is 5.60 Å². The van der Waals surface area contributed by atoms with Crippen LogP contribution in [0.4, 0.5) is 5.13 Å². The molecule has 27 heavy (non-hydrogen) atoms. The molecule has 0 saturated heterocycles. The van der Waals surface area contributed by atoms with Crippen LogP contribution in [-0.2, 0) is 28.0 Å². The minimum Gasteiger partial charge on any atom is -0.383 e. The Bertz CT molecular complexity index is 833. The van der Waals surface area contributed by atoms with Crippen LogP contribution in [0, 0.1) is 5.92 Å². The first-order valence-electron chi connectivity index (χ1n) is 9.20.